The predicted molar refractivity (Wildman–Crippen MR) is 87.5 cm³/mol. The SMILES string of the molecule is COc1ccc(C)cc1C[S@](=O)Cc1cc(-c2ccco2)on1. The van der Waals surface area contributed by atoms with Gasteiger partial charge in [0.25, 0.3) is 0 Å². The van der Waals surface area contributed by atoms with Gasteiger partial charge in [-0.2, -0.15) is 0 Å². The Kier molecular flexibility index (Phi) is 4.62. The van der Waals surface area contributed by atoms with Crippen molar-refractivity contribution in [1.82, 2.24) is 5.16 Å². The summed E-state index contributed by atoms with van der Waals surface area (Å²) in [5.74, 6) is 2.63. The molecule has 0 fully saturated rings. The maximum absolute atomic E-state index is 12.4. The first kappa shape index (κ1) is 15.6. The lowest BCUT2D eigenvalue weighted by molar-refractivity contribution is 0.411. The highest BCUT2D eigenvalue weighted by atomic mass is 32.2. The molecule has 0 amide bonds. The van der Waals surface area contributed by atoms with E-state index in [-0.39, 0.29) is 0 Å². The fourth-order valence-electron chi connectivity index (χ4n) is 2.32. The van der Waals surface area contributed by atoms with E-state index in [9.17, 15) is 4.21 Å². The highest BCUT2D eigenvalue weighted by molar-refractivity contribution is 7.83. The molecule has 0 N–H and O–H groups in total. The van der Waals surface area contributed by atoms with Gasteiger partial charge in [-0.15, -0.1) is 0 Å². The van der Waals surface area contributed by atoms with Crippen LogP contribution in [-0.2, 0) is 22.3 Å². The quantitative estimate of drug-likeness (QED) is 0.689. The van der Waals surface area contributed by atoms with Crippen LogP contribution in [0.25, 0.3) is 11.5 Å². The maximum Gasteiger partial charge on any atom is 0.202 e. The Morgan fingerprint density at radius 3 is 2.78 bits per heavy atom. The van der Waals surface area contributed by atoms with Crippen molar-refractivity contribution in [1.29, 1.82) is 0 Å². The summed E-state index contributed by atoms with van der Waals surface area (Å²) in [6.45, 7) is 2.00. The number of hydrogen-bond donors (Lipinski definition) is 0. The lowest BCUT2D eigenvalue weighted by atomic mass is 10.1. The summed E-state index contributed by atoms with van der Waals surface area (Å²) in [4.78, 5) is 0. The van der Waals surface area contributed by atoms with E-state index < -0.39 is 10.8 Å². The second-order valence-electron chi connectivity index (χ2n) is 5.20. The zero-order valence-electron chi connectivity index (χ0n) is 12.9. The van der Waals surface area contributed by atoms with Crippen molar-refractivity contribution in [3.05, 3.63) is 59.5 Å². The van der Waals surface area contributed by atoms with Crippen LogP contribution in [0.1, 0.15) is 16.8 Å². The summed E-state index contributed by atoms with van der Waals surface area (Å²) >= 11 is 0. The van der Waals surface area contributed by atoms with Crippen molar-refractivity contribution >= 4 is 10.8 Å². The van der Waals surface area contributed by atoms with Gasteiger partial charge >= 0.3 is 0 Å². The molecule has 3 rings (SSSR count). The first-order chi connectivity index (χ1) is 11.2. The number of aromatic nitrogens is 1. The van der Waals surface area contributed by atoms with Crippen LogP contribution in [0.5, 0.6) is 5.75 Å². The van der Waals surface area contributed by atoms with E-state index in [2.05, 4.69) is 5.16 Å². The van der Waals surface area contributed by atoms with Gasteiger partial charge in [0.05, 0.1) is 30.6 Å². The van der Waals surface area contributed by atoms with Gasteiger partial charge in [0, 0.05) is 22.4 Å². The van der Waals surface area contributed by atoms with Crippen LogP contribution in [-0.4, -0.2) is 16.5 Å². The lowest BCUT2D eigenvalue weighted by Gasteiger charge is -2.08. The van der Waals surface area contributed by atoms with Crippen molar-refractivity contribution in [3.63, 3.8) is 0 Å². The Morgan fingerprint density at radius 2 is 2.04 bits per heavy atom. The van der Waals surface area contributed by atoms with Gasteiger partial charge in [-0.05, 0) is 25.1 Å². The fourth-order valence-corrected chi connectivity index (χ4v) is 3.46. The largest absolute Gasteiger partial charge is 0.496 e. The monoisotopic (exact) mass is 331 g/mol. The van der Waals surface area contributed by atoms with E-state index in [4.69, 9.17) is 13.7 Å². The van der Waals surface area contributed by atoms with Crippen molar-refractivity contribution in [3.8, 4) is 17.3 Å². The second kappa shape index (κ2) is 6.83. The normalized spacial score (nSPS) is 12.3. The molecule has 0 bridgehead atoms. The molecule has 2 heterocycles. The summed E-state index contributed by atoms with van der Waals surface area (Å²) in [7, 11) is 0.507. The molecule has 1 atom stereocenters. The van der Waals surface area contributed by atoms with Gasteiger partial charge < -0.3 is 13.7 Å². The van der Waals surface area contributed by atoms with E-state index in [1.54, 1.807) is 31.6 Å². The standard InChI is InChI=1S/C17H17NO4S/c1-12-5-6-15(20-2)13(8-12)10-23(19)11-14-9-17(22-18-14)16-4-3-7-21-16/h3-9H,10-11H2,1-2H3/t23-/m0/s1. The summed E-state index contributed by atoms with van der Waals surface area (Å²) < 4.78 is 28.2. The van der Waals surface area contributed by atoms with E-state index in [1.807, 2.05) is 25.1 Å². The minimum atomic E-state index is -1.11. The molecule has 0 saturated heterocycles. The highest BCUT2D eigenvalue weighted by Crippen LogP contribution is 2.24. The molecule has 6 heteroatoms. The van der Waals surface area contributed by atoms with Gasteiger partial charge in [-0.1, -0.05) is 22.9 Å². The van der Waals surface area contributed by atoms with Crippen molar-refractivity contribution < 1.29 is 17.9 Å². The molecule has 0 aliphatic carbocycles. The molecule has 0 unspecified atom stereocenters. The Morgan fingerprint density at radius 1 is 1.17 bits per heavy atom. The molecule has 0 aliphatic rings. The topological polar surface area (TPSA) is 65.5 Å². The van der Waals surface area contributed by atoms with Crippen molar-refractivity contribution in [2.45, 2.75) is 18.4 Å². The first-order valence-electron chi connectivity index (χ1n) is 7.13. The van der Waals surface area contributed by atoms with Crippen molar-refractivity contribution in [2.24, 2.45) is 0 Å². The third-order valence-corrected chi connectivity index (χ3v) is 4.63. The molecule has 0 saturated carbocycles. The second-order valence-corrected chi connectivity index (χ2v) is 6.66. The number of rotatable bonds is 6. The molecule has 120 valence electrons. The number of benzene rings is 1. The van der Waals surface area contributed by atoms with Crippen molar-refractivity contribution in [2.75, 3.05) is 7.11 Å². The number of nitrogens with zero attached hydrogens (tertiary/aromatic N) is 1. The number of methoxy groups -OCH3 is 1. The maximum atomic E-state index is 12.4. The molecule has 5 nitrogen and oxygen atoms in total. The minimum Gasteiger partial charge on any atom is -0.496 e. The van der Waals surface area contributed by atoms with E-state index in [0.29, 0.717) is 28.7 Å². The van der Waals surface area contributed by atoms with Crippen LogP contribution < -0.4 is 4.74 Å². The smallest absolute Gasteiger partial charge is 0.202 e. The molecule has 3 aromatic rings. The minimum absolute atomic E-state index is 0.321. The van der Waals surface area contributed by atoms with Crippen LogP contribution >= 0.6 is 0 Å². The third kappa shape index (κ3) is 3.71. The van der Waals surface area contributed by atoms with E-state index in [1.165, 1.54) is 0 Å². The number of hydrogen-bond acceptors (Lipinski definition) is 5. The molecular formula is C17H17NO4S. The zero-order valence-corrected chi connectivity index (χ0v) is 13.8. The number of furan rings is 1. The van der Waals surface area contributed by atoms with Gasteiger partial charge in [-0.3, -0.25) is 4.21 Å². The Labute approximate surface area is 136 Å². The Bertz CT molecular complexity index is 808. The number of ether oxygens (including phenoxy) is 1. The summed E-state index contributed by atoms with van der Waals surface area (Å²) in [5.41, 5.74) is 2.68. The van der Waals surface area contributed by atoms with Crippen LogP contribution in [0, 0.1) is 6.92 Å². The average Bonchev–Trinajstić information content (AvgIpc) is 3.18. The molecule has 0 radical (unpaired) electrons. The van der Waals surface area contributed by atoms with Crippen LogP contribution in [0.4, 0.5) is 0 Å². The number of aryl methyl sites for hydroxylation is 1. The molecule has 0 aliphatic heterocycles. The lowest BCUT2D eigenvalue weighted by Crippen LogP contribution is -2.02. The van der Waals surface area contributed by atoms with E-state index in [0.717, 1.165) is 16.9 Å². The van der Waals surface area contributed by atoms with Gasteiger partial charge in [0.15, 0.2) is 5.76 Å². The average molecular weight is 331 g/mol. The van der Waals surface area contributed by atoms with Crippen LogP contribution in [0.15, 0.2) is 51.6 Å². The van der Waals surface area contributed by atoms with Crippen LogP contribution in [0.2, 0.25) is 0 Å². The molecule has 1 aromatic carbocycles. The summed E-state index contributed by atoms with van der Waals surface area (Å²) in [6.07, 6.45) is 1.57. The first-order valence-corrected chi connectivity index (χ1v) is 8.62. The Balaban J connectivity index is 1.69. The van der Waals surface area contributed by atoms with E-state index >= 15 is 0 Å². The third-order valence-electron chi connectivity index (χ3n) is 3.38. The Hall–Kier alpha value is -2.34. The highest BCUT2D eigenvalue weighted by Gasteiger charge is 2.13. The van der Waals surface area contributed by atoms with Gasteiger partial charge in [0.2, 0.25) is 5.76 Å². The molecule has 23 heavy (non-hydrogen) atoms. The molecular weight excluding hydrogens is 314 g/mol. The predicted octanol–water partition coefficient (Wildman–Crippen LogP) is 3.70. The fraction of sp³-hybridized carbons (Fsp3) is 0.235. The van der Waals surface area contributed by atoms with Gasteiger partial charge in [0.1, 0.15) is 5.75 Å². The molecule has 2 aromatic heterocycles. The summed E-state index contributed by atoms with van der Waals surface area (Å²) in [5, 5.41) is 3.95. The van der Waals surface area contributed by atoms with Gasteiger partial charge in [-0.25, -0.2) is 0 Å². The summed E-state index contributed by atoms with van der Waals surface area (Å²) in [6, 6.07) is 11.2. The molecule has 0 spiro atoms. The zero-order chi connectivity index (χ0) is 16.2. The van der Waals surface area contributed by atoms with Crippen LogP contribution in [0.3, 0.4) is 0 Å².